The quantitative estimate of drug-likeness (QED) is 0.744. The molecule has 1 saturated heterocycles. The summed E-state index contributed by atoms with van der Waals surface area (Å²) >= 11 is 0. The number of hydrogen-bond donors (Lipinski definition) is 2. The van der Waals surface area contributed by atoms with E-state index in [-0.39, 0.29) is 0 Å². The minimum Gasteiger partial charge on any atom is -0.389 e. The van der Waals surface area contributed by atoms with E-state index >= 15 is 0 Å². The van der Waals surface area contributed by atoms with E-state index in [1.165, 1.54) is 25.8 Å². The molecule has 3 unspecified atom stereocenters. The van der Waals surface area contributed by atoms with Crippen molar-refractivity contribution in [3.63, 3.8) is 0 Å². The van der Waals surface area contributed by atoms with Gasteiger partial charge >= 0.3 is 0 Å². The molecule has 0 radical (unpaired) electrons. The summed E-state index contributed by atoms with van der Waals surface area (Å²) in [6.07, 6.45) is 6.01. The summed E-state index contributed by atoms with van der Waals surface area (Å²) < 4.78 is 0. The molecule has 112 valence electrons. The second-order valence-corrected chi connectivity index (χ2v) is 7.52. The highest BCUT2D eigenvalue weighted by Crippen LogP contribution is 2.33. The van der Waals surface area contributed by atoms with Crippen molar-refractivity contribution in [1.82, 2.24) is 10.2 Å². The highest BCUT2D eigenvalue weighted by Gasteiger charge is 2.38. The van der Waals surface area contributed by atoms with Crippen LogP contribution in [0.3, 0.4) is 0 Å². The minimum absolute atomic E-state index is 0.555. The lowest BCUT2D eigenvalue weighted by Gasteiger charge is -2.26. The van der Waals surface area contributed by atoms with Crippen LogP contribution in [0.4, 0.5) is 0 Å². The number of likely N-dealkylation sites (tertiary alicyclic amines) is 1. The van der Waals surface area contributed by atoms with Gasteiger partial charge in [-0.15, -0.1) is 0 Å². The average molecular weight is 268 g/mol. The van der Waals surface area contributed by atoms with E-state index in [4.69, 9.17) is 0 Å². The molecule has 3 atom stereocenters. The standard InChI is InChI=1S/C16H32N2O/c1-12(2)7-8-16(4,19)11-17-14-9-13(3)18(10-14)15-5-6-15/h12-15,17,19H,5-11H2,1-4H3. The van der Waals surface area contributed by atoms with Gasteiger partial charge in [-0.1, -0.05) is 13.8 Å². The Hall–Kier alpha value is -0.120. The molecule has 1 saturated carbocycles. The Balaban J connectivity index is 1.70. The molecular weight excluding hydrogens is 236 g/mol. The summed E-state index contributed by atoms with van der Waals surface area (Å²) in [7, 11) is 0. The molecule has 1 aliphatic carbocycles. The van der Waals surface area contributed by atoms with Crippen LogP contribution < -0.4 is 5.32 Å². The molecule has 1 heterocycles. The third kappa shape index (κ3) is 4.73. The lowest BCUT2D eigenvalue weighted by Crippen LogP contribution is -2.43. The van der Waals surface area contributed by atoms with E-state index in [9.17, 15) is 5.11 Å². The first-order valence-corrected chi connectivity index (χ1v) is 8.09. The molecule has 2 rings (SSSR count). The van der Waals surface area contributed by atoms with Crippen LogP contribution in [0.1, 0.15) is 59.8 Å². The Bertz CT molecular complexity index is 286. The van der Waals surface area contributed by atoms with Crippen LogP contribution in [0.2, 0.25) is 0 Å². The van der Waals surface area contributed by atoms with Gasteiger partial charge in [0, 0.05) is 31.2 Å². The fourth-order valence-electron chi connectivity index (χ4n) is 3.17. The lowest BCUT2D eigenvalue weighted by molar-refractivity contribution is 0.0428. The maximum absolute atomic E-state index is 10.4. The van der Waals surface area contributed by atoms with Gasteiger partial charge in [-0.2, -0.15) is 0 Å². The third-order valence-electron chi connectivity index (χ3n) is 4.67. The van der Waals surface area contributed by atoms with E-state index in [0.717, 1.165) is 25.4 Å². The Morgan fingerprint density at radius 3 is 2.63 bits per heavy atom. The monoisotopic (exact) mass is 268 g/mol. The summed E-state index contributed by atoms with van der Waals surface area (Å²) in [4.78, 5) is 2.65. The molecule has 0 amide bonds. The van der Waals surface area contributed by atoms with Crippen molar-refractivity contribution in [2.45, 2.75) is 83.5 Å². The highest BCUT2D eigenvalue weighted by atomic mass is 16.3. The molecule has 0 aromatic carbocycles. The summed E-state index contributed by atoms with van der Waals surface area (Å²) in [5, 5.41) is 14.0. The van der Waals surface area contributed by atoms with Crippen LogP contribution in [0, 0.1) is 5.92 Å². The lowest BCUT2D eigenvalue weighted by atomic mass is 9.95. The minimum atomic E-state index is -0.555. The zero-order chi connectivity index (χ0) is 14.0. The molecule has 2 fully saturated rings. The molecule has 3 heteroatoms. The third-order valence-corrected chi connectivity index (χ3v) is 4.67. The topological polar surface area (TPSA) is 35.5 Å². The Morgan fingerprint density at radius 2 is 2.05 bits per heavy atom. The largest absolute Gasteiger partial charge is 0.389 e. The van der Waals surface area contributed by atoms with E-state index in [1.807, 2.05) is 6.92 Å². The van der Waals surface area contributed by atoms with Crippen molar-refractivity contribution in [1.29, 1.82) is 0 Å². The molecular formula is C16H32N2O. The molecule has 3 nitrogen and oxygen atoms in total. The molecule has 0 aromatic heterocycles. The predicted octanol–water partition coefficient (Wildman–Crippen LogP) is 2.39. The van der Waals surface area contributed by atoms with Crippen molar-refractivity contribution < 1.29 is 5.11 Å². The average Bonchev–Trinajstić information content (AvgIpc) is 3.09. The fraction of sp³-hybridized carbons (Fsp3) is 1.00. The van der Waals surface area contributed by atoms with Crippen molar-refractivity contribution in [3.8, 4) is 0 Å². The second kappa shape index (κ2) is 6.11. The van der Waals surface area contributed by atoms with Gasteiger partial charge in [0.15, 0.2) is 0 Å². The predicted molar refractivity (Wildman–Crippen MR) is 80.3 cm³/mol. The van der Waals surface area contributed by atoms with Crippen LogP contribution >= 0.6 is 0 Å². The number of nitrogens with one attached hydrogen (secondary N) is 1. The van der Waals surface area contributed by atoms with E-state index in [2.05, 4.69) is 31.0 Å². The Kier molecular flexibility index (Phi) is 4.91. The number of nitrogens with zero attached hydrogens (tertiary/aromatic N) is 1. The molecule has 0 bridgehead atoms. The van der Waals surface area contributed by atoms with E-state index < -0.39 is 5.60 Å². The normalized spacial score (nSPS) is 31.9. The first-order chi connectivity index (χ1) is 8.87. The van der Waals surface area contributed by atoms with E-state index in [1.54, 1.807) is 0 Å². The van der Waals surface area contributed by atoms with Crippen molar-refractivity contribution in [2.24, 2.45) is 5.92 Å². The molecule has 2 aliphatic rings. The zero-order valence-corrected chi connectivity index (χ0v) is 13.2. The maximum Gasteiger partial charge on any atom is 0.0743 e. The Labute approximate surface area is 118 Å². The molecule has 1 aliphatic heterocycles. The highest BCUT2D eigenvalue weighted by molar-refractivity contribution is 4.96. The second-order valence-electron chi connectivity index (χ2n) is 7.52. The van der Waals surface area contributed by atoms with Crippen LogP contribution in [-0.4, -0.2) is 46.8 Å². The summed E-state index contributed by atoms with van der Waals surface area (Å²) in [5.41, 5.74) is -0.555. The smallest absolute Gasteiger partial charge is 0.0743 e. The maximum atomic E-state index is 10.4. The summed E-state index contributed by atoms with van der Waals surface area (Å²) in [5.74, 6) is 0.670. The number of aliphatic hydroxyl groups is 1. The summed E-state index contributed by atoms with van der Waals surface area (Å²) in [6.45, 7) is 10.7. The van der Waals surface area contributed by atoms with Crippen molar-refractivity contribution >= 4 is 0 Å². The van der Waals surface area contributed by atoms with Crippen LogP contribution in [0.5, 0.6) is 0 Å². The van der Waals surface area contributed by atoms with Gasteiger partial charge in [0.2, 0.25) is 0 Å². The van der Waals surface area contributed by atoms with Gasteiger partial charge in [-0.05, 0) is 51.9 Å². The first-order valence-electron chi connectivity index (χ1n) is 8.09. The van der Waals surface area contributed by atoms with Crippen LogP contribution in [0.25, 0.3) is 0 Å². The zero-order valence-electron chi connectivity index (χ0n) is 13.2. The molecule has 2 N–H and O–H groups in total. The van der Waals surface area contributed by atoms with Crippen molar-refractivity contribution in [3.05, 3.63) is 0 Å². The molecule has 0 aromatic rings. The Morgan fingerprint density at radius 1 is 1.37 bits per heavy atom. The van der Waals surface area contributed by atoms with Gasteiger partial charge in [0.05, 0.1) is 5.60 Å². The number of hydrogen-bond acceptors (Lipinski definition) is 3. The van der Waals surface area contributed by atoms with Gasteiger partial charge in [-0.25, -0.2) is 0 Å². The van der Waals surface area contributed by atoms with Crippen LogP contribution in [-0.2, 0) is 0 Å². The SMILES string of the molecule is CC(C)CCC(C)(O)CNC1CC(C)N(C2CC2)C1. The molecule has 0 spiro atoms. The number of rotatable bonds is 7. The fourth-order valence-corrected chi connectivity index (χ4v) is 3.17. The van der Waals surface area contributed by atoms with Gasteiger partial charge in [-0.3, -0.25) is 4.90 Å². The van der Waals surface area contributed by atoms with Gasteiger partial charge < -0.3 is 10.4 Å². The summed E-state index contributed by atoms with van der Waals surface area (Å²) in [6, 6.07) is 2.15. The van der Waals surface area contributed by atoms with Crippen molar-refractivity contribution in [2.75, 3.05) is 13.1 Å². The van der Waals surface area contributed by atoms with E-state index in [0.29, 0.717) is 18.0 Å². The molecule has 19 heavy (non-hydrogen) atoms. The van der Waals surface area contributed by atoms with Crippen LogP contribution in [0.15, 0.2) is 0 Å². The van der Waals surface area contributed by atoms with Gasteiger partial charge in [0.1, 0.15) is 0 Å². The van der Waals surface area contributed by atoms with Gasteiger partial charge in [0.25, 0.3) is 0 Å². The first kappa shape index (κ1) is 15.3.